The molecule has 0 spiro atoms. The molecule has 1 aliphatic rings. The van der Waals surface area contributed by atoms with Gasteiger partial charge in [0.05, 0.1) is 12.2 Å². The van der Waals surface area contributed by atoms with Crippen LogP contribution in [0.25, 0.3) is 5.69 Å². The van der Waals surface area contributed by atoms with Crippen molar-refractivity contribution in [3.8, 4) is 5.69 Å². The Morgan fingerprint density at radius 3 is 3.11 bits per heavy atom. The van der Waals surface area contributed by atoms with Crippen molar-refractivity contribution >= 4 is 22.8 Å². The Labute approximate surface area is 113 Å². The van der Waals surface area contributed by atoms with Crippen LogP contribution < -0.4 is 5.32 Å². The highest BCUT2D eigenvalue weighted by Gasteiger charge is 2.13. The number of aliphatic imine (C=N–C) groups is 1. The number of tetrazole rings is 1. The van der Waals surface area contributed by atoms with E-state index in [9.17, 15) is 4.79 Å². The Kier molecular flexibility index (Phi) is 3.23. The summed E-state index contributed by atoms with van der Waals surface area (Å²) in [6.45, 7) is 0.755. The molecule has 19 heavy (non-hydrogen) atoms. The van der Waals surface area contributed by atoms with E-state index in [0.29, 0.717) is 10.7 Å². The van der Waals surface area contributed by atoms with Crippen molar-refractivity contribution in [1.82, 2.24) is 25.5 Å². The quantitative estimate of drug-likeness (QED) is 0.861. The molecule has 2 heterocycles. The van der Waals surface area contributed by atoms with Gasteiger partial charge in [-0.1, -0.05) is 17.8 Å². The van der Waals surface area contributed by atoms with Crippen LogP contribution in [0.4, 0.5) is 0 Å². The summed E-state index contributed by atoms with van der Waals surface area (Å²) in [5.41, 5.74) is 1.28. The van der Waals surface area contributed by atoms with Crippen LogP contribution in [0.3, 0.4) is 0 Å². The number of aromatic nitrogens is 4. The van der Waals surface area contributed by atoms with Gasteiger partial charge in [-0.15, -0.1) is 5.10 Å². The molecule has 0 bridgehead atoms. The molecule has 0 fully saturated rings. The van der Waals surface area contributed by atoms with Crippen molar-refractivity contribution in [3.63, 3.8) is 0 Å². The molecule has 0 saturated heterocycles. The van der Waals surface area contributed by atoms with E-state index in [1.807, 2.05) is 6.07 Å². The molecule has 0 saturated carbocycles. The summed E-state index contributed by atoms with van der Waals surface area (Å²) in [4.78, 5) is 16.2. The lowest BCUT2D eigenvalue weighted by Gasteiger charge is -2.05. The van der Waals surface area contributed by atoms with Crippen LogP contribution in [0, 0.1) is 0 Å². The molecule has 1 aromatic carbocycles. The third-order valence-electron chi connectivity index (χ3n) is 2.53. The second-order valence-electron chi connectivity index (χ2n) is 3.79. The van der Waals surface area contributed by atoms with Crippen molar-refractivity contribution in [2.75, 3.05) is 12.3 Å². The number of hydrogen-bond acceptors (Lipinski definition) is 6. The summed E-state index contributed by atoms with van der Waals surface area (Å²) in [5.74, 6) is 0.739. The molecule has 0 radical (unpaired) electrons. The molecular weight excluding hydrogens is 264 g/mol. The first-order valence-corrected chi connectivity index (χ1v) is 6.63. The number of thioether (sulfide) groups is 1. The lowest BCUT2D eigenvalue weighted by Crippen LogP contribution is -2.27. The summed E-state index contributed by atoms with van der Waals surface area (Å²) >= 11 is 1.55. The number of nitrogens with one attached hydrogen (secondary N) is 1. The van der Waals surface area contributed by atoms with Gasteiger partial charge in [0.25, 0.3) is 5.91 Å². The normalized spacial score (nSPS) is 14.2. The lowest BCUT2D eigenvalue weighted by molar-refractivity contribution is 0.0978. The Morgan fingerprint density at radius 1 is 1.42 bits per heavy atom. The number of amidine groups is 1. The average Bonchev–Trinajstić information content (AvgIpc) is 3.12. The summed E-state index contributed by atoms with van der Waals surface area (Å²) in [5, 5.41) is 14.4. The molecule has 0 unspecified atom stereocenters. The van der Waals surface area contributed by atoms with E-state index in [4.69, 9.17) is 0 Å². The first-order chi connectivity index (χ1) is 9.33. The second kappa shape index (κ2) is 5.19. The van der Waals surface area contributed by atoms with Crippen LogP contribution in [0.2, 0.25) is 0 Å². The molecule has 0 aliphatic carbocycles. The number of rotatable bonds is 2. The van der Waals surface area contributed by atoms with Gasteiger partial charge in [0.15, 0.2) is 5.17 Å². The molecule has 7 nitrogen and oxygen atoms in total. The fraction of sp³-hybridized carbons (Fsp3) is 0.182. The maximum Gasteiger partial charge on any atom is 0.257 e. The van der Waals surface area contributed by atoms with E-state index < -0.39 is 0 Å². The number of carbonyl (C=O) groups excluding carboxylic acids is 1. The van der Waals surface area contributed by atoms with E-state index in [1.54, 1.807) is 30.0 Å². The molecule has 1 amide bonds. The minimum absolute atomic E-state index is 0.178. The fourth-order valence-corrected chi connectivity index (χ4v) is 2.37. The zero-order valence-electron chi connectivity index (χ0n) is 9.85. The lowest BCUT2D eigenvalue weighted by atomic mass is 10.2. The molecule has 1 N–H and O–H groups in total. The van der Waals surface area contributed by atoms with Crippen LogP contribution in [0.5, 0.6) is 0 Å². The zero-order chi connectivity index (χ0) is 13.1. The summed E-state index contributed by atoms with van der Waals surface area (Å²) in [7, 11) is 0. The smallest absolute Gasteiger partial charge is 0.257 e. The first-order valence-electron chi connectivity index (χ1n) is 5.65. The summed E-state index contributed by atoms with van der Waals surface area (Å²) < 4.78 is 1.50. The van der Waals surface area contributed by atoms with Gasteiger partial charge in [0.1, 0.15) is 6.33 Å². The highest BCUT2D eigenvalue weighted by atomic mass is 32.2. The van der Waals surface area contributed by atoms with Crippen LogP contribution >= 0.6 is 11.8 Å². The maximum atomic E-state index is 12.1. The molecular formula is C11H10N6OS. The third-order valence-corrected chi connectivity index (χ3v) is 3.42. The second-order valence-corrected chi connectivity index (χ2v) is 4.88. The Hall–Kier alpha value is -2.22. The van der Waals surface area contributed by atoms with Crippen molar-refractivity contribution in [1.29, 1.82) is 0 Å². The zero-order valence-corrected chi connectivity index (χ0v) is 10.7. The monoisotopic (exact) mass is 274 g/mol. The summed E-state index contributed by atoms with van der Waals surface area (Å²) in [6.07, 6.45) is 1.48. The van der Waals surface area contributed by atoms with Gasteiger partial charge in [0, 0.05) is 11.3 Å². The van der Waals surface area contributed by atoms with Gasteiger partial charge in [-0.2, -0.15) is 0 Å². The Morgan fingerprint density at radius 2 is 2.37 bits per heavy atom. The fourth-order valence-electron chi connectivity index (χ4n) is 1.65. The summed E-state index contributed by atoms with van der Waals surface area (Å²) in [6, 6.07) is 7.08. The van der Waals surface area contributed by atoms with Gasteiger partial charge in [-0.3, -0.25) is 9.79 Å². The maximum absolute atomic E-state index is 12.1. The van der Waals surface area contributed by atoms with Crippen molar-refractivity contribution in [3.05, 3.63) is 36.2 Å². The number of amides is 1. The SMILES string of the molecule is O=C(NC1=NCCS1)c1cccc(-n2cnnn2)c1. The van der Waals surface area contributed by atoms with Crippen LogP contribution in [0.15, 0.2) is 35.6 Å². The molecule has 1 aromatic heterocycles. The first kappa shape index (κ1) is 11.8. The van der Waals surface area contributed by atoms with Crippen molar-refractivity contribution in [2.45, 2.75) is 0 Å². The van der Waals surface area contributed by atoms with Gasteiger partial charge in [-0.25, -0.2) is 4.68 Å². The molecule has 0 atom stereocenters. The van der Waals surface area contributed by atoms with E-state index in [-0.39, 0.29) is 5.91 Å². The van der Waals surface area contributed by atoms with Crippen molar-refractivity contribution in [2.24, 2.45) is 4.99 Å². The molecule has 1 aliphatic heterocycles. The molecule has 8 heteroatoms. The topological polar surface area (TPSA) is 85.1 Å². The van der Waals surface area contributed by atoms with Gasteiger partial charge in [-0.05, 0) is 28.6 Å². The molecule has 2 aromatic rings. The predicted molar refractivity (Wildman–Crippen MR) is 71.4 cm³/mol. The van der Waals surface area contributed by atoms with Crippen LogP contribution in [0.1, 0.15) is 10.4 Å². The highest BCUT2D eigenvalue weighted by Crippen LogP contribution is 2.12. The van der Waals surface area contributed by atoms with E-state index in [2.05, 4.69) is 25.8 Å². The van der Waals surface area contributed by atoms with Gasteiger partial charge >= 0.3 is 0 Å². The van der Waals surface area contributed by atoms with Crippen molar-refractivity contribution < 1.29 is 4.79 Å². The Bertz CT molecular complexity index is 624. The standard InChI is InChI=1S/C11H10N6OS/c18-10(14-11-12-4-5-19-11)8-2-1-3-9(6-8)17-7-13-15-16-17/h1-3,6-7H,4-5H2,(H,12,14,18). The number of hydrogen-bond donors (Lipinski definition) is 1. The van der Waals surface area contributed by atoms with Gasteiger partial charge in [0.2, 0.25) is 0 Å². The minimum atomic E-state index is -0.178. The molecule has 3 rings (SSSR count). The third kappa shape index (κ3) is 2.63. The van der Waals surface area contributed by atoms with E-state index >= 15 is 0 Å². The van der Waals surface area contributed by atoms with E-state index in [1.165, 1.54) is 11.0 Å². The largest absolute Gasteiger partial charge is 0.301 e. The van der Waals surface area contributed by atoms with Crippen LogP contribution in [-0.2, 0) is 0 Å². The Balaban J connectivity index is 1.81. The average molecular weight is 274 g/mol. The number of nitrogens with zero attached hydrogens (tertiary/aromatic N) is 5. The predicted octanol–water partition coefficient (Wildman–Crippen LogP) is 0.495. The molecule has 96 valence electrons. The number of carbonyl (C=O) groups is 1. The van der Waals surface area contributed by atoms with Gasteiger partial charge < -0.3 is 5.32 Å². The van der Waals surface area contributed by atoms with Crippen LogP contribution in [-0.4, -0.2) is 43.6 Å². The number of benzene rings is 1. The minimum Gasteiger partial charge on any atom is -0.301 e. The van der Waals surface area contributed by atoms with E-state index in [0.717, 1.165) is 18.0 Å². The highest BCUT2D eigenvalue weighted by molar-refractivity contribution is 8.14.